The molecular formula is C58H103NO8P+. The number of nitrogens with zero attached hydrogens (tertiary/aromatic N) is 1. The van der Waals surface area contributed by atoms with Gasteiger partial charge in [-0.05, 0) is 70.6 Å². The molecule has 1 N–H and O–H groups in total. The molecule has 0 spiro atoms. The van der Waals surface area contributed by atoms with Crippen LogP contribution in [0, 0.1) is 0 Å². The zero-order valence-corrected chi connectivity index (χ0v) is 45.2. The highest BCUT2D eigenvalue weighted by molar-refractivity contribution is 7.47. The summed E-state index contributed by atoms with van der Waals surface area (Å²) in [6.07, 6.45) is 65.2. The van der Waals surface area contributed by atoms with Gasteiger partial charge in [0, 0.05) is 12.8 Å². The van der Waals surface area contributed by atoms with Crippen molar-refractivity contribution in [2.75, 3.05) is 47.5 Å². The van der Waals surface area contributed by atoms with Crippen LogP contribution in [0.25, 0.3) is 0 Å². The van der Waals surface area contributed by atoms with Crippen LogP contribution in [-0.2, 0) is 32.7 Å². The topological polar surface area (TPSA) is 108 Å². The lowest BCUT2D eigenvalue weighted by Gasteiger charge is -2.24. The number of hydrogen-bond acceptors (Lipinski definition) is 7. The van der Waals surface area contributed by atoms with Gasteiger partial charge in [0.25, 0.3) is 0 Å². The number of hydrogen-bond donors (Lipinski definition) is 1. The van der Waals surface area contributed by atoms with E-state index in [1.54, 1.807) is 0 Å². The normalized spacial score (nSPS) is 14.0. The lowest BCUT2D eigenvalue weighted by atomic mass is 10.0. The predicted octanol–water partition coefficient (Wildman–Crippen LogP) is 16.7. The molecule has 68 heavy (non-hydrogen) atoms. The van der Waals surface area contributed by atoms with Crippen LogP contribution in [-0.4, -0.2) is 74.9 Å². The Morgan fingerprint density at radius 3 is 1.25 bits per heavy atom. The number of likely N-dealkylation sites (N-methyl/N-ethyl adjacent to an activating group) is 1. The number of quaternary nitrogens is 1. The number of carbonyl (C=O) groups is 2. The Bertz CT molecular complexity index is 1420. The molecule has 10 heteroatoms. The summed E-state index contributed by atoms with van der Waals surface area (Å²) in [7, 11) is 1.47. The summed E-state index contributed by atoms with van der Waals surface area (Å²) in [6, 6.07) is 0. The Morgan fingerprint density at radius 2 is 0.838 bits per heavy atom. The molecule has 392 valence electrons. The number of allylic oxidation sites excluding steroid dienone is 14. The minimum Gasteiger partial charge on any atom is -0.462 e. The van der Waals surface area contributed by atoms with Gasteiger partial charge in [0.05, 0.1) is 27.7 Å². The molecule has 0 aliphatic carbocycles. The van der Waals surface area contributed by atoms with E-state index >= 15 is 0 Å². The summed E-state index contributed by atoms with van der Waals surface area (Å²) in [5.74, 6) is -0.802. The first kappa shape index (κ1) is 65.2. The Hall–Kier alpha value is -2.81. The maximum Gasteiger partial charge on any atom is 0.472 e. The standard InChI is InChI=1S/C58H102NO8P/c1-6-8-10-12-14-16-17-18-19-20-21-22-23-24-25-26-27-28-29-30-31-32-33-34-35-36-37-38-39-40-41-43-45-47-49-51-58(61)67-56(55-66-68(62,63)65-53-52-59(3,4)5)54-64-57(60)50-48-46-44-42-15-13-11-9-7-2/h8,10,14,16,18-19,21-22,24-25,27-28,30-31,56H,6-7,9,11-13,15,17,20,23,26,29,32-55H2,1-5H3/p+1/b10-8-,16-14-,19-18-,22-21-,25-24-,28-27-,31-30-. The van der Waals surface area contributed by atoms with E-state index in [1.807, 2.05) is 21.1 Å². The molecule has 0 aliphatic heterocycles. The van der Waals surface area contributed by atoms with Crippen molar-refractivity contribution in [2.24, 2.45) is 0 Å². The van der Waals surface area contributed by atoms with E-state index < -0.39 is 26.5 Å². The highest BCUT2D eigenvalue weighted by Gasteiger charge is 2.27. The average Bonchev–Trinajstić information content (AvgIpc) is 3.30. The van der Waals surface area contributed by atoms with Crippen LogP contribution in [0.15, 0.2) is 85.1 Å². The van der Waals surface area contributed by atoms with Crippen LogP contribution in [0.5, 0.6) is 0 Å². The molecule has 0 fully saturated rings. The highest BCUT2D eigenvalue weighted by atomic mass is 31.2. The molecule has 0 bridgehead atoms. The number of ether oxygens (including phenoxy) is 2. The lowest BCUT2D eigenvalue weighted by Crippen LogP contribution is -2.37. The predicted molar refractivity (Wildman–Crippen MR) is 289 cm³/mol. The molecule has 0 aromatic carbocycles. The fraction of sp³-hybridized carbons (Fsp3) is 0.724. The van der Waals surface area contributed by atoms with Crippen LogP contribution in [0.2, 0.25) is 0 Å². The number of carbonyl (C=O) groups excluding carboxylic acids is 2. The first-order chi connectivity index (χ1) is 33.0. The van der Waals surface area contributed by atoms with E-state index in [2.05, 4.69) is 98.9 Å². The van der Waals surface area contributed by atoms with Crippen molar-refractivity contribution in [1.82, 2.24) is 0 Å². The molecule has 0 saturated heterocycles. The molecule has 2 unspecified atom stereocenters. The van der Waals surface area contributed by atoms with Gasteiger partial charge in [-0.25, -0.2) is 4.57 Å². The van der Waals surface area contributed by atoms with Crippen molar-refractivity contribution in [3.8, 4) is 0 Å². The average molecular weight is 973 g/mol. The monoisotopic (exact) mass is 973 g/mol. The van der Waals surface area contributed by atoms with E-state index in [4.69, 9.17) is 18.5 Å². The first-order valence-electron chi connectivity index (χ1n) is 27.3. The number of unbranched alkanes of at least 4 members (excludes halogenated alkanes) is 21. The minimum atomic E-state index is -4.38. The van der Waals surface area contributed by atoms with Crippen molar-refractivity contribution < 1.29 is 42.1 Å². The first-order valence-corrected chi connectivity index (χ1v) is 28.8. The number of phosphoric ester groups is 1. The molecule has 0 aromatic heterocycles. The summed E-state index contributed by atoms with van der Waals surface area (Å²) >= 11 is 0. The van der Waals surface area contributed by atoms with Gasteiger partial charge in [-0.1, -0.05) is 221 Å². The van der Waals surface area contributed by atoms with Gasteiger partial charge in [0.2, 0.25) is 0 Å². The molecule has 0 amide bonds. The lowest BCUT2D eigenvalue weighted by molar-refractivity contribution is -0.870. The Morgan fingerprint density at radius 1 is 0.471 bits per heavy atom. The zero-order valence-electron chi connectivity index (χ0n) is 44.3. The van der Waals surface area contributed by atoms with Crippen molar-refractivity contribution in [3.63, 3.8) is 0 Å². The third-order valence-corrected chi connectivity index (χ3v) is 12.4. The molecule has 0 saturated carbocycles. The molecule has 0 heterocycles. The summed E-state index contributed by atoms with van der Waals surface area (Å²) < 4.78 is 34.4. The highest BCUT2D eigenvalue weighted by Crippen LogP contribution is 2.43. The van der Waals surface area contributed by atoms with Crippen molar-refractivity contribution in [1.29, 1.82) is 0 Å². The third-order valence-electron chi connectivity index (χ3n) is 11.4. The third kappa shape index (κ3) is 52.6. The molecule has 2 atom stereocenters. The fourth-order valence-corrected chi connectivity index (χ4v) is 7.97. The summed E-state index contributed by atoms with van der Waals surface area (Å²) in [5, 5.41) is 0. The largest absolute Gasteiger partial charge is 0.472 e. The van der Waals surface area contributed by atoms with Crippen molar-refractivity contribution >= 4 is 19.8 Å². The van der Waals surface area contributed by atoms with Gasteiger partial charge in [-0.2, -0.15) is 0 Å². The molecule has 0 radical (unpaired) electrons. The van der Waals surface area contributed by atoms with Gasteiger partial charge in [-0.3, -0.25) is 18.6 Å². The van der Waals surface area contributed by atoms with Crippen LogP contribution in [0.3, 0.4) is 0 Å². The molecule has 0 rings (SSSR count). The number of rotatable bonds is 49. The molecule has 0 aromatic rings. The summed E-state index contributed by atoms with van der Waals surface area (Å²) in [4.78, 5) is 35.4. The Labute approximate surface area is 418 Å². The molecule has 0 aliphatic rings. The zero-order chi connectivity index (χ0) is 49.9. The SMILES string of the molecule is CC/C=C\C/C=C\C/C=C\C/C=C\C/C=C\C/C=C\C/C=C\CCCCCCCCCCCCCCCC(=O)OC(COC(=O)CCCCCCCCCCC)COP(=O)(O)OCC[N+](C)(C)C. The molecule has 9 nitrogen and oxygen atoms in total. The fourth-order valence-electron chi connectivity index (χ4n) is 7.23. The maximum atomic E-state index is 12.7. The van der Waals surface area contributed by atoms with Gasteiger partial charge < -0.3 is 18.9 Å². The smallest absolute Gasteiger partial charge is 0.462 e. The minimum absolute atomic E-state index is 0.0300. The Balaban J connectivity index is 4.02. The van der Waals surface area contributed by atoms with E-state index in [1.165, 1.54) is 103 Å². The van der Waals surface area contributed by atoms with Gasteiger partial charge in [-0.15, -0.1) is 0 Å². The van der Waals surface area contributed by atoms with E-state index in [-0.39, 0.29) is 32.0 Å². The van der Waals surface area contributed by atoms with Gasteiger partial charge in [0.1, 0.15) is 19.8 Å². The quantitative estimate of drug-likeness (QED) is 0.0211. The van der Waals surface area contributed by atoms with Gasteiger partial charge in [0.15, 0.2) is 6.10 Å². The molecular weight excluding hydrogens is 870 g/mol. The van der Waals surface area contributed by atoms with E-state index in [0.29, 0.717) is 17.4 Å². The summed E-state index contributed by atoms with van der Waals surface area (Å²) in [5.41, 5.74) is 0. The van der Waals surface area contributed by atoms with Crippen molar-refractivity contribution in [3.05, 3.63) is 85.1 Å². The second-order valence-electron chi connectivity index (χ2n) is 19.2. The number of phosphoric acid groups is 1. The maximum absolute atomic E-state index is 12.7. The summed E-state index contributed by atoms with van der Waals surface area (Å²) in [6.45, 7) is 4.29. The second kappa shape index (κ2) is 49.2. The van der Waals surface area contributed by atoms with Crippen LogP contribution < -0.4 is 0 Å². The van der Waals surface area contributed by atoms with E-state index in [0.717, 1.165) is 83.5 Å². The van der Waals surface area contributed by atoms with Crippen LogP contribution >= 0.6 is 7.82 Å². The van der Waals surface area contributed by atoms with E-state index in [9.17, 15) is 19.0 Å². The van der Waals surface area contributed by atoms with Crippen molar-refractivity contribution in [2.45, 2.75) is 225 Å². The number of esters is 2. The second-order valence-corrected chi connectivity index (χ2v) is 20.7. The Kier molecular flexibility index (Phi) is 47.2. The van der Waals surface area contributed by atoms with Gasteiger partial charge >= 0.3 is 19.8 Å². The van der Waals surface area contributed by atoms with Crippen LogP contribution in [0.1, 0.15) is 219 Å². The van der Waals surface area contributed by atoms with Crippen LogP contribution in [0.4, 0.5) is 0 Å².